The molecule has 148 valence electrons. The van der Waals surface area contributed by atoms with Gasteiger partial charge in [-0.15, -0.1) is 0 Å². The van der Waals surface area contributed by atoms with Crippen LogP contribution in [0.2, 0.25) is 0 Å². The summed E-state index contributed by atoms with van der Waals surface area (Å²) in [7, 11) is 0. The molecule has 0 aromatic heterocycles. The number of morpholine rings is 1. The van der Waals surface area contributed by atoms with Gasteiger partial charge in [0.05, 0.1) is 25.7 Å². The average molecular weight is 374 g/mol. The van der Waals surface area contributed by atoms with E-state index in [0.29, 0.717) is 19.6 Å². The van der Waals surface area contributed by atoms with E-state index >= 15 is 0 Å². The summed E-state index contributed by atoms with van der Waals surface area (Å²) in [6.07, 6.45) is 0.195. The number of amides is 2. The van der Waals surface area contributed by atoms with Gasteiger partial charge in [0.1, 0.15) is 0 Å². The minimum absolute atomic E-state index is 0.0573. The molecule has 1 aromatic rings. The number of piperazine rings is 1. The number of carbonyl (C=O) groups is 2. The zero-order chi connectivity index (χ0) is 19.1. The molecule has 0 saturated carbocycles. The van der Waals surface area contributed by atoms with Crippen LogP contribution in [0.25, 0.3) is 0 Å². The van der Waals surface area contributed by atoms with E-state index in [9.17, 15) is 9.59 Å². The average Bonchev–Trinajstić information content (AvgIpc) is 2.67. The Hall–Kier alpha value is -1.96. The fourth-order valence-corrected chi connectivity index (χ4v) is 3.61. The molecule has 2 saturated heterocycles. The number of nitrogens with one attached hydrogen (secondary N) is 2. The predicted molar refractivity (Wildman–Crippen MR) is 103 cm³/mol. The summed E-state index contributed by atoms with van der Waals surface area (Å²) < 4.78 is 5.33. The third kappa shape index (κ3) is 5.76. The van der Waals surface area contributed by atoms with Crippen LogP contribution in [0.15, 0.2) is 24.3 Å². The predicted octanol–water partition coefficient (Wildman–Crippen LogP) is 0.134. The number of hydrogen-bond donors (Lipinski definition) is 2. The van der Waals surface area contributed by atoms with Gasteiger partial charge >= 0.3 is 0 Å². The molecule has 0 bridgehead atoms. The summed E-state index contributed by atoms with van der Waals surface area (Å²) in [5.41, 5.74) is 2.40. The smallest absolute Gasteiger partial charge is 0.237 e. The van der Waals surface area contributed by atoms with E-state index in [1.807, 2.05) is 12.1 Å². The molecule has 2 fully saturated rings. The van der Waals surface area contributed by atoms with Crippen molar-refractivity contribution in [2.45, 2.75) is 25.9 Å². The molecule has 2 N–H and O–H groups in total. The Bertz CT molecular complexity index is 646. The van der Waals surface area contributed by atoms with Crippen LogP contribution in [-0.4, -0.2) is 80.1 Å². The summed E-state index contributed by atoms with van der Waals surface area (Å²) in [5.74, 6) is -0.127. The third-order valence-corrected chi connectivity index (χ3v) is 5.31. The molecule has 0 unspecified atom stereocenters. The monoisotopic (exact) mass is 374 g/mol. The van der Waals surface area contributed by atoms with Gasteiger partial charge in [0.25, 0.3) is 0 Å². The normalized spacial score (nSPS) is 21.7. The largest absolute Gasteiger partial charge is 0.379 e. The van der Waals surface area contributed by atoms with E-state index in [0.717, 1.165) is 39.4 Å². The molecule has 2 amide bonds. The van der Waals surface area contributed by atoms with Gasteiger partial charge in [-0.1, -0.05) is 24.3 Å². The maximum absolute atomic E-state index is 12.4. The van der Waals surface area contributed by atoms with Crippen LogP contribution in [0.4, 0.5) is 0 Å². The van der Waals surface area contributed by atoms with Gasteiger partial charge in [0.2, 0.25) is 11.8 Å². The zero-order valence-corrected chi connectivity index (χ0v) is 16.1. The van der Waals surface area contributed by atoms with E-state index in [4.69, 9.17) is 4.74 Å². The van der Waals surface area contributed by atoms with Crippen LogP contribution < -0.4 is 10.6 Å². The highest BCUT2D eigenvalue weighted by Gasteiger charge is 2.31. The minimum Gasteiger partial charge on any atom is -0.379 e. The molecule has 0 radical (unpaired) electrons. The highest BCUT2D eigenvalue weighted by atomic mass is 16.5. The SMILES string of the molecule is Cc1ccccc1CN1CCNC(=O)[C@@H]1CC(=O)NCCN1CCOCC1. The van der Waals surface area contributed by atoms with Crippen molar-refractivity contribution in [2.24, 2.45) is 0 Å². The number of carbonyl (C=O) groups excluding carboxylic acids is 2. The summed E-state index contributed by atoms with van der Waals surface area (Å²) in [6.45, 7) is 8.89. The van der Waals surface area contributed by atoms with Crippen molar-refractivity contribution in [3.8, 4) is 0 Å². The van der Waals surface area contributed by atoms with Crippen LogP contribution in [0.3, 0.4) is 0 Å². The lowest BCUT2D eigenvalue weighted by Gasteiger charge is -2.35. The maximum atomic E-state index is 12.4. The van der Waals surface area contributed by atoms with Gasteiger partial charge in [-0.3, -0.25) is 19.4 Å². The van der Waals surface area contributed by atoms with Crippen molar-refractivity contribution in [1.29, 1.82) is 0 Å². The molecule has 7 heteroatoms. The molecule has 0 spiro atoms. The van der Waals surface area contributed by atoms with Crippen LogP contribution >= 0.6 is 0 Å². The standard InChI is InChI=1S/C20H30N4O3/c1-16-4-2-3-5-17(16)15-24-9-7-22-20(26)18(24)14-19(25)21-6-8-23-10-12-27-13-11-23/h2-5,18H,6-15H2,1H3,(H,21,25)(H,22,26)/t18-/m0/s1. The molecule has 3 rings (SSSR count). The molecule has 2 aliphatic rings. The maximum Gasteiger partial charge on any atom is 0.237 e. The van der Waals surface area contributed by atoms with Crippen molar-refractivity contribution in [2.75, 3.05) is 52.5 Å². The van der Waals surface area contributed by atoms with Gasteiger partial charge < -0.3 is 15.4 Å². The van der Waals surface area contributed by atoms with Gasteiger partial charge in [-0.2, -0.15) is 0 Å². The second kappa shape index (κ2) is 9.82. The van der Waals surface area contributed by atoms with E-state index in [-0.39, 0.29) is 18.2 Å². The van der Waals surface area contributed by atoms with Crippen molar-refractivity contribution in [3.63, 3.8) is 0 Å². The fraction of sp³-hybridized carbons (Fsp3) is 0.600. The minimum atomic E-state index is -0.415. The molecule has 2 heterocycles. The highest BCUT2D eigenvalue weighted by molar-refractivity contribution is 5.88. The van der Waals surface area contributed by atoms with Crippen molar-refractivity contribution < 1.29 is 14.3 Å². The molecule has 1 atom stereocenters. The summed E-state index contributed by atoms with van der Waals surface area (Å²) in [5, 5.41) is 5.86. The Kier molecular flexibility index (Phi) is 7.20. The number of hydrogen-bond acceptors (Lipinski definition) is 5. The van der Waals surface area contributed by atoms with E-state index in [1.54, 1.807) is 0 Å². The first-order valence-corrected chi connectivity index (χ1v) is 9.76. The van der Waals surface area contributed by atoms with Crippen LogP contribution in [0, 0.1) is 6.92 Å². The van der Waals surface area contributed by atoms with Gasteiger partial charge in [-0.25, -0.2) is 0 Å². The second-order valence-corrected chi connectivity index (χ2v) is 7.21. The van der Waals surface area contributed by atoms with Crippen LogP contribution in [0.1, 0.15) is 17.5 Å². The lowest BCUT2D eigenvalue weighted by atomic mass is 10.0. The molecule has 0 aliphatic carbocycles. The molecule has 7 nitrogen and oxygen atoms in total. The van der Waals surface area contributed by atoms with Crippen LogP contribution in [0.5, 0.6) is 0 Å². The van der Waals surface area contributed by atoms with Gasteiger partial charge in [-0.05, 0) is 18.1 Å². The number of nitrogens with zero attached hydrogens (tertiary/aromatic N) is 2. The van der Waals surface area contributed by atoms with E-state index < -0.39 is 6.04 Å². The highest BCUT2D eigenvalue weighted by Crippen LogP contribution is 2.16. The van der Waals surface area contributed by atoms with E-state index in [1.165, 1.54) is 11.1 Å². The van der Waals surface area contributed by atoms with Crippen molar-refractivity contribution in [1.82, 2.24) is 20.4 Å². The summed E-state index contributed by atoms with van der Waals surface area (Å²) >= 11 is 0. The first kappa shape index (κ1) is 19.8. The number of rotatable bonds is 7. The number of benzene rings is 1. The van der Waals surface area contributed by atoms with Crippen LogP contribution in [-0.2, 0) is 20.9 Å². The van der Waals surface area contributed by atoms with Gasteiger partial charge in [0, 0.05) is 45.8 Å². The number of aryl methyl sites for hydroxylation is 1. The fourth-order valence-electron chi connectivity index (χ4n) is 3.61. The van der Waals surface area contributed by atoms with Crippen molar-refractivity contribution in [3.05, 3.63) is 35.4 Å². The topological polar surface area (TPSA) is 73.9 Å². The summed E-state index contributed by atoms with van der Waals surface area (Å²) in [4.78, 5) is 29.2. The molecular weight excluding hydrogens is 344 g/mol. The van der Waals surface area contributed by atoms with E-state index in [2.05, 4.69) is 39.5 Å². The molecule has 2 aliphatic heterocycles. The Balaban J connectivity index is 1.51. The Morgan fingerprint density at radius 2 is 2.04 bits per heavy atom. The van der Waals surface area contributed by atoms with Crippen molar-refractivity contribution >= 4 is 11.8 Å². The zero-order valence-electron chi connectivity index (χ0n) is 16.1. The Morgan fingerprint density at radius 1 is 1.26 bits per heavy atom. The molecule has 27 heavy (non-hydrogen) atoms. The number of ether oxygens (including phenoxy) is 1. The third-order valence-electron chi connectivity index (χ3n) is 5.31. The summed E-state index contributed by atoms with van der Waals surface area (Å²) in [6, 6.07) is 7.77. The lowest BCUT2D eigenvalue weighted by Crippen LogP contribution is -2.56. The molecule has 1 aromatic carbocycles. The Labute approximate surface area is 161 Å². The Morgan fingerprint density at radius 3 is 2.81 bits per heavy atom. The lowest BCUT2D eigenvalue weighted by molar-refractivity contribution is -0.134. The molecular formula is C20H30N4O3. The first-order chi connectivity index (χ1) is 13.1. The quantitative estimate of drug-likeness (QED) is 0.710. The second-order valence-electron chi connectivity index (χ2n) is 7.21. The first-order valence-electron chi connectivity index (χ1n) is 9.76. The van der Waals surface area contributed by atoms with Gasteiger partial charge in [0.15, 0.2) is 0 Å².